The van der Waals surface area contributed by atoms with Gasteiger partial charge in [0.05, 0.1) is 18.6 Å². The second kappa shape index (κ2) is 9.01. The number of piperidine rings is 3. The lowest BCUT2D eigenvalue weighted by atomic mass is 9.77. The van der Waals surface area contributed by atoms with Crippen LogP contribution < -0.4 is 14.8 Å². The van der Waals surface area contributed by atoms with Crippen LogP contribution in [0, 0.1) is 23.0 Å². The van der Waals surface area contributed by atoms with Crippen molar-refractivity contribution in [3.8, 4) is 11.9 Å². The highest BCUT2D eigenvalue weighted by molar-refractivity contribution is 5.59. The number of hydrogen-bond acceptors (Lipinski definition) is 9. The third-order valence-electron chi connectivity index (χ3n) is 6.13. The van der Waals surface area contributed by atoms with Gasteiger partial charge in [-0.25, -0.2) is 4.98 Å². The normalized spacial score (nSPS) is 22.2. The molecule has 3 saturated heterocycles. The minimum Gasteiger partial charge on any atom is -0.481 e. The Hall–Kier alpha value is -3.01. The minimum absolute atomic E-state index is 0.107. The number of ether oxygens (including phenoxy) is 2. The number of anilines is 1. The summed E-state index contributed by atoms with van der Waals surface area (Å²) in [5.41, 5.74) is 1.93. The quantitative estimate of drug-likeness (QED) is 0.500. The van der Waals surface area contributed by atoms with Gasteiger partial charge in [-0.05, 0) is 51.8 Å². The van der Waals surface area contributed by atoms with E-state index in [0.29, 0.717) is 24.3 Å². The Labute approximate surface area is 181 Å². The van der Waals surface area contributed by atoms with Gasteiger partial charge >= 0.3 is 11.7 Å². The molecule has 31 heavy (non-hydrogen) atoms. The van der Waals surface area contributed by atoms with Crippen LogP contribution in [0.3, 0.4) is 0 Å². The van der Waals surface area contributed by atoms with Crippen LogP contribution in [0.1, 0.15) is 42.6 Å². The SMILES string of the molecule is CCOc1nc(C)c([N+](=O)[O-])c(NCc2ccc(C3CN4CCC3CC4)nc2OC)n1. The Kier molecular flexibility index (Phi) is 6.17. The van der Waals surface area contributed by atoms with Gasteiger partial charge in [0.1, 0.15) is 5.69 Å². The first-order chi connectivity index (χ1) is 15.0. The van der Waals surface area contributed by atoms with E-state index >= 15 is 0 Å². The molecule has 0 aromatic carbocycles. The first-order valence-corrected chi connectivity index (χ1v) is 10.7. The van der Waals surface area contributed by atoms with E-state index in [0.717, 1.165) is 17.8 Å². The van der Waals surface area contributed by atoms with Gasteiger partial charge in [-0.1, -0.05) is 6.07 Å². The molecule has 0 aliphatic carbocycles. The van der Waals surface area contributed by atoms with E-state index < -0.39 is 4.92 Å². The number of hydrogen-bond donors (Lipinski definition) is 1. The molecule has 2 bridgehead atoms. The van der Waals surface area contributed by atoms with E-state index in [1.54, 1.807) is 21.0 Å². The predicted molar refractivity (Wildman–Crippen MR) is 115 cm³/mol. The van der Waals surface area contributed by atoms with Crippen molar-refractivity contribution in [1.82, 2.24) is 19.9 Å². The highest BCUT2D eigenvalue weighted by Crippen LogP contribution is 2.39. The molecule has 3 aliphatic heterocycles. The van der Waals surface area contributed by atoms with Gasteiger partial charge in [0.25, 0.3) is 0 Å². The summed E-state index contributed by atoms with van der Waals surface area (Å²) < 4.78 is 10.9. The number of methoxy groups -OCH3 is 1. The zero-order chi connectivity index (χ0) is 22.0. The summed E-state index contributed by atoms with van der Waals surface area (Å²) in [6.07, 6.45) is 2.44. The molecule has 5 rings (SSSR count). The molecule has 1 atom stereocenters. The summed E-state index contributed by atoms with van der Waals surface area (Å²) in [4.78, 5) is 26.6. The van der Waals surface area contributed by atoms with Gasteiger partial charge in [0.15, 0.2) is 0 Å². The highest BCUT2D eigenvalue weighted by Gasteiger charge is 2.36. The molecule has 3 aliphatic rings. The van der Waals surface area contributed by atoms with Crippen molar-refractivity contribution in [2.45, 2.75) is 39.2 Å². The molecule has 0 spiro atoms. The molecule has 5 heterocycles. The van der Waals surface area contributed by atoms with Crippen molar-refractivity contribution in [3.63, 3.8) is 0 Å². The van der Waals surface area contributed by atoms with E-state index in [4.69, 9.17) is 14.5 Å². The van der Waals surface area contributed by atoms with Crippen LogP contribution >= 0.6 is 0 Å². The molecule has 166 valence electrons. The molecule has 1 N–H and O–H groups in total. The lowest BCUT2D eigenvalue weighted by Crippen LogP contribution is -2.46. The summed E-state index contributed by atoms with van der Waals surface area (Å²) in [7, 11) is 1.59. The van der Waals surface area contributed by atoms with Crippen LogP contribution in [0.25, 0.3) is 0 Å². The maximum Gasteiger partial charge on any atom is 0.332 e. The van der Waals surface area contributed by atoms with Gasteiger partial charge in [-0.3, -0.25) is 10.1 Å². The van der Waals surface area contributed by atoms with Gasteiger partial charge < -0.3 is 19.7 Å². The van der Waals surface area contributed by atoms with Crippen LogP contribution in [0.4, 0.5) is 11.5 Å². The van der Waals surface area contributed by atoms with Crippen molar-refractivity contribution < 1.29 is 14.4 Å². The number of nitrogens with one attached hydrogen (secondary N) is 1. The second-order valence-electron chi connectivity index (χ2n) is 7.98. The Morgan fingerprint density at radius 3 is 2.65 bits per heavy atom. The Morgan fingerprint density at radius 2 is 2.03 bits per heavy atom. The van der Waals surface area contributed by atoms with Crippen LogP contribution in [0.15, 0.2) is 12.1 Å². The van der Waals surface area contributed by atoms with Gasteiger partial charge in [0, 0.05) is 30.3 Å². The van der Waals surface area contributed by atoms with E-state index in [9.17, 15) is 10.1 Å². The van der Waals surface area contributed by atoms with Crippen LogP contribution in [-0.4, -0.2) is 58.1 Å². The molecule has 0 saturated carbocycles. The number of fused-ring (bicyclic) bond motifs is 3. The zero-order valence-corrected chi connectivity index (χ0v) is 18.1. The number of rotatable bonds is 8. The van der Waals surface area contributed by atoms with Crippen molar-refractivity contribution in [3.05, 3.63) is 39.2 Å². The summed E-state index contributed by atoms with van der Waals surface area (Å²) in [5, 5.41) is 14.6. The number of pyridine rings is 1. The van der Waals surface area contributed by atoms with Crippen molar-refractivity contribution in [2.75, 3.05) is 38.7 Å². The average molecular weight is 428 g/mol. The Bertz CT molecular complexity index is 961. The maximum absolute atomic E-state index is 11.5. The molecule has 10 nitrogen and oxygen atoms in total. The average Bonchev–Trinajstić information content (AvgIpc) is 2.78. The van der Waals surface area contributed by atoms with Gasteiger partial charge in [0.2, 0.25) is 11.7 Å². The van der Waals surface area contributed by atoms with E-state index in [-0.39, 0.29) is 29.8 Å². The molecule has 3 fully saturated rings. The molecule has 0 amide bonds. The zero-order valence-electron chi connectivity index (χ0n) is 18.1. The first kappa shape index (κ1) is 21.2. The summed E-state index contributed by atoms with van der Waals surface area (Å²) in [6, 6.07) is 4.14. The molecule has 1 unspecified atom stereocenters. The third kappa shape index (κ3) is 4.39. The number of aryl methyl sites for hydroxylation is 1. The van der Waals surface area contributed by atoms with Crippen molar-refractivity contribution >= 4 is 11.5 Å². The maximum atomic E-state index is 11.5. The summed E-state index contributed by atoms with van der Waals surface area (Å²) in [6.45, 7) is 7.43. The molecule has 10 heteroatoms. The predicted octanol–water partition coefficient (Wildman–Crippen LogP) is 2.92. The number of aromatic nitrogens is 3. The van der Waals surface area contributed by atoms with E-state index in [2.05, 4.69) is 26.3 Å². The van der Waals surface area contributed by atoms with Gasteiger partial charge in [-0.15, -0.1) is 0 Å². The van der Waals surface area contributed by atoms with Crippen LogP contribution in [-0.2, 0) is 6.54 Å². The van der Waals surface area contributed by atoms with Crippen molar-refractivity contribution in [1.29, 1.82) is 0 Å². The van der Waals surface area contributed by atoms with E-state index in [1.807, 2.05) is 6.07 Å². The molecule has 0 radical (unpaired) electrons. The lowest BCUT2D eigenvalue weighted by Gasteiger charge is -2.44. The monoisotopic (exact) mass is 428 g/mol. The number of nitro groups is 1. The largest absolute Gasteiger partial charge is 0.481 e. The minimum atomic E-state index is -0.487. The van der Waals surface area contributed by atoms with E-state index in [1.165, 1.54) is 25.9 Å². The third-order valence-corrected chi connectivity index (χ3v) is 6.13. The van der Waals surface area contributed by atoms with Crippen LogP contribution in [0.5, 0.6) is 11.9 Å². The number of nitrogens with zero attached hydrogens (tertiary/aromatic N) is 5. The lowest BCUT2D eigenvalue weighted by molar-refractivity contribution is -0.385. The molecular formula is C21H28N6O4. The summed E-state index contributed by atoms with van der Waals surface area (Å²) in [5.74, 6) is 1.75. The molecule has 2 aromatic heterocycles. The fourth-order valence-electron chi connectivity index (χ4n) is 4.56. The standard InChI is InChI=1S/C21H28N6O4/c1-4-31-21-23-13(2)18(27(28)29)19(25-21)22-11-15-5-6-17(24-20(15)30-3)16-12-26-9-7-14(16)8-10-26/h5-6,14,16H,4,7-12H2,1-3H3,(H,22,23,25). The Morgan fingerprint density at radius 1 is 1.26 bits per heavy atom. The fraction of sp³-hybridized carbons (Fsp3) is 0.571. The van der Waals surface area contributed by atoms with Crippen LogP contribution in [0.2, 0.25) is 0 Å². The highest BCUT2D eigenvalue weighted by atomic mass is 16.6. The topological polar surface area (TPSA) is 116 Å². The molecular weight excluding hydrogens is 400 g/mol. The molecule has 2 aromatic rings. The summed E-state index contributed by atoms with van der Waals surface area (Å²) >= 11 is 0. The van der Waals surface area contributed by atoms with Crippen molar-refractivity contribution in [2.24, 2.45) is 5.92 Å². The van der Waals surface area contributed by atoms with Gasteiger partial charge in [-0.2, -0.15) is 9.97 Å². The smallest absolute Gasteiger partial charge is 0.332 e. The first-order valence-electron chi connectivity index (χ1n) is 10.7. The second-order valence-corrected chi connectivity index (χ2v) is 7.98. The Balaban J connectivity index is 1.55. The fourth-order valence-corrected chi connectivity index (χ4v) is 4.56.